The minimum Gasteiger partial charge on any atom is -0.495 e. The fourth-order valence-electron chi connectivity index (χ4n) is 1.94. The molecule has 0 atom stereocenters. The summed E-state index contributed by atoms with van der Waals surface area (Å²) in [5.74, 6) is -0.0140. The maximum atomic E-state index is 10.6. The van der Waals surface area contributed by atoms with Gasteiger partial charge in [-0.3, -0.25) is 4.79 Å². The first-order chi connectivity index (χ1) is 9.69. The molecule has 4 nitrogen and oxygen atoms in total. The molecule has 0 aliphatic carbocycles. The summed E-state index contributed by atoms with van der Waals surface area (Å²) in [7, 11) is 1.64. The Kier molecular flexibility index (Phi) is 4.60. The molecule has 104 valence electrons. The van der Waals surface area contributed by atoms with E-state index in [-0.39, 0.29) is 6.42 Å². The Labute approximate surface area is 118 Å². The molecule has 0 spiro atoms. The Morgan fingerprint density at radius 1 is 1.10 bits per heavy atom. The van der Waals surface area contributed by atoms with Gasteiger partial charge >= 0.3 is 5.97 Å². The van der Waals surface area contributed by atoms with Crippen molar-refractivity contribution in [2.45, 2.75) is 13.0 Å². The minimum atomic E-state index is -0.815. The molecular weight excluding hydrogens is 254 g/mol. The standard InChI is InChI=1S/C16H17NO3/c1-20-15-5-3-2-4-14(15)17-11-13-8-6-12(7-9-13)10-16(18)19/h2-9,17H,10-11H2,1H3,(H,18,19). The second-order valence-corrected chi connectivity index (χ2v) is 4.44. The van der Waals surface area contributed by atoms with Gasteiger partial charge in [-0.25, -0.2) is 0 Å². The number of rotatable bonds is 6. The Bertz CT molecular complexity index is 579. The lowest BCUT2D eigenvalue weighted by Gasteiger charge is -2.11. The summed E-state index contributed by atoms with van der Waals surface area (Å²) in [6.07, 6.45) is 0.0558. The number of para-hydroxylation sites is 2. The van der Waals surface area contributed by atoms with Crippen molar-refractivity contribution in [2.75, 3.05) is 12.4 Å². The molecule has 2 aromatic rings. The number of anilines is 1. The molecule has 0 unspecified atom stereocenters. The second-order valence-electron chi connectivity index (χ2n) is 4.44. The van der Waals surface area contributed by atoms with E-state index in [0.29, 0.717) is 6.54 Å². The first kappa shape index (κ1) is 13.9. The van der Waals surface area contributed by atoms with Gasteiger partial charge in [-0.1, -0.05) is 36.4 Å². The zero-order valence-corrected chi connectivity index (χ0v) is 11.3. The number of carboxylic acids is 1. The van der Waals surface area contributed by atoms with Gasteiger partial charge in [0.15, 0.2) is 0 Å². The van der Waals surface area contributed by atoms with Crippen LogP contribution in [0.5, 0.6) is 5.75 Å². The normalized spacial score (nSPS) is 10.1. The molecule has 0 aromatic heterocycles. The Morgan fingerprint density at radius 3 is 2.40 bits per heavy atom. The van der Waals surface area contributed by atoms with Crippen LogP contribution in [0.15, 0.2) is 48.5 Å². The van der Waals surface area contributed by atoms with Gasteiger partial charge in [-0.05, 0) is 23.3 Å². The molecular formula is C16H17NO3. The predicted octanol–water partition coefficient (Wildman–Crippen LogP) is 2.93. The third kappa shape index (κ3) is 3.75. The fraction of sp³-hybridized carbons (Fsp3) is 0.188. The van der Waals surface area contributed by atoms with Crippen LogP contribution in [0, 0.1) is 0 Å². The van der Waals surface area contributed by atoms with Gasteiger partial charge in [0.25, 0.3) is 0 Å². The number of hydrogen-bond acceptors (Lipinski definition) is 3. The summed E-state index contributed by atoms with van der Waals surface area (Å²) in [6.45, 7) is 0.660. The number of aliphatic carboxylic acids is 1. The number of carboxylic acid groups (broad SMARTS) is 1. The molecule has 2 N–H and O–H groups in total. The first-order valence-electron chi connectivity index (χ1n) is 6.35. The number of nitrogens with one attached hydrogen (secondary N) is 1. The van der Waals surface area contributed by atoms with Gasteiger partial charge in [-0.2, -0.15) is 0 Å². The van der Waals surface area contributed by atoms with Crippen molar-refractivity contribution in [3.63, 3.8) is 0 Å². The summed E-state index contributed by atoms with van der Waals surface area (Å²) in [6, 6.07) is 15.3. The van der Waals surface area contributed by atoms with E-state index in [2.05, 4.69) is 5.32 Å². The minimum absolute atomic E-state index is 0.0558. The molecule has 0 fully saturated rings. The lowest BCUT2D eigenvalue weighted by Crippen LogP contribution is -2.03. The number of benzene rings is 2. The Hall–Kier alpha value is -2.49. The molecule has 0 saturated heterocycles. The van der Waals surface area contributed by atoms with Crippen LogP contribution in [-0.4, -0.2) is 18.2 Å². The van der Waals surface area contributed by atoms with Crippen molar-refractivity contribution in [1.82, 2.24) is 0 Å². The van der Waals surface area contributed by atoms with Crippen molar-refractivity contribution in [3.8, 4) is 5.75 Å². The number of carbonyl (C=O) groups is 1. The molecule has 0 aliphatic heterocycles. The zero-order chi connectivity index (χ0) is 14.4. The summed E-state index contributed by atoms with van der Waals surface area (Å²) in [4.78, 5) is 10.6. The van der Waals surface area contributed by atoms with E-state index >= 15 is 0 Å². The lowest BCUT2D eigenvalue weighted by atomic mass is 10.1. The summed E-state index contributed by atoms with van der Waals surface area (Å²) in [5, 5.41) is 12.0. The molecule has 0 aliphatic rings. The average molecular weight is 271 g/mol. The van der Waals surface area contributed by atoms with Crippen LogP contribution in [-0.2, 0) is 17.8 Å². The van der Waals surface area contributed by atoms with Crippen LogP contribution in [0.2, 0.25) is 0 Å². The molecule has 0 heterocycles. The maximum Gasteiger partial charge on any atom is 0.307 e. The average Bonchev–Trinajstić information content (AvgIpc) is 2.46. The highest BCUT2D eigenvalue weighted by Crippen LogP contribution is 2.23. The van der Waals surface area contributed by atoms with Gasteiger partial charge in [0.2, 0.25) is 0 Å². The van der Waals surface area contributed by atoms with Gasteiger partial charge in [0, 0.05) is 6.54 Å². The van der Waals surface area contributed by atoms with Crippen LogP contribution >= 0.6 is 0 Å². The molecule has 0 radical (unpaired) electrons. The predicted molar refractivity (Wildman–Crippen MR) is 78.1 cm³/mol. The molecule has 4 heteroatoms. The highest BCUT2D eigenvalue weighted by Gasteiger charge is 2.02. The number of ether oxygens (including phenoxy) is 1. The number of hydrogen-bond donors (Lipinski definition) is 2. The molecule has 0 bridgehead atoms. The van der Waals surface area contributed by atoms with Crippen LogP contribution in [0.25, 0.3) is 0 Å². The highest BCUT2D eigenvalue weighted by atomic mass is 16.5. The van der Waals surface area contributed by atoms with Crippen LogP contribution < -0.4 is 10.1 Å². The molecule has 20 heavy (non-hydrogen) atoms. The maximum absolute atomic E-state index is 10.6. The van der Waals surface area contributed by atoms with Crippen LogP contribution in [0.4, 0.5) is 5.69 Å². The van der Waals surface area contributed by atoms with E-state index in [9.17, 15) is 4.79 Å². The van der Waals surface area contributed by atoms with Gasteiger partial charge in [0.1, 0.15) is 5.75 Å². The quantitative estimate of drug-likeness (QED) is 0.848. The molecule has 2 aromatic carbocycles. The Balaban J connectivity index is 1.98. The molecule has 0 amide bonds. The van der Waals surface area contributed by atoms with E-state index in [1.165, 1.54) is 0 Å². The van der Waals surface area contributed by atoms with Gasteiger partial charge in [0.05, 0.1) is 19.2 Å². The molecule has 2 rings (SSSR count). The van der Waals surface area contributed by atoms with Gasteiger partial charge in [-0.15, -0.1) is 0 Å². The topological polar surface area (TPSA) is 58.6 Å². The number of methoxy groups -OCH3 is 1. The van der Waals surface area contributed by atoms with Crippen molar-refractivity contribution in [2.24, 2.45) is 0 Å². The van der Waals surface area contributed by atoms with E-state index < -0.39 is 5.97 Å². The first-order valence-corrected chi connectivity index (χ1v) is 6.35. The van der Waals surface area contributed by atoms with Crippen molar-refractivity contribution in [3.05, 3.63) is 59.7 Å². The van der Waals surface area contributed by atoms with E-state index in [4.69, 9.17) is 9.84 Å². The summed E-state index contributed by atoms with van der Waals surface area (Å²) >= 11 is 0. The fourth-order valence-corrected chi connectivity index (χ4v) is 1.94. The lowest BCUT2D eigenvalue weighted by molar-refractivity contribution is -0.136. The SMILES string of the molecule is COc1ccccc1NCc1ccc(CC(=O)O)cc1. The molecule has 0 saturated carbocycles. The van der Waals surface area contributed by atoms with Crippen molar-refractivity contribution in [1.29, 1.82) is 0 Å². The second kappa shape index (κ2) is 6.61. The zero-order valence-electron chi connectivity index (χ0n) is 11.3. The monoisotopic (exact) mass is 271 g/mol. The summed E-state index contributed by atoms with van der Waals surface area (Å²) < 4.78 is 5.27. The third-order valence-electron chi connectivity index (χ3n) is 2.97. The smallest absolute Gasteiger partial charge is 0.307 e. The van der Waals surface area contributed by atoms with Crippen molar-refractivity contribution < 1.29 is 14.6 Å². The van der Waals surface area contributed by atoms with Gasteiger partial charge < -0.3 is 15.2 Å². The van der Waals surface area contributed by atoms with Crippen LogP contribution in [0.3, 0.4) is 0 Å². The Morgan fingerprint density at radius 2 is 1.75 bits per heavy atom. The van der Waals surface area contributed by atoms with E-state index in [1.54, 1.807) is 7.11 Å². The highest BCUT2D eigenvalue weighted by molar-refractivity contribution is 5.70. The van der Waals surface area contributed by atoms with E-state index in [0.717, 1.165) is 22.6 Å². The third-order valence-corrected chi connectivity index (χ3v) is 2.97. The van der Waals surface area contributed by atoms with Crippen LogP contribution in [0.1, 0.15) is 11.1 Å². The van der Waals surface area contributed by atoms with E-state index in [1.807, 2.05) is 48.5 Å². The summed E-state index contributed by atoms with van der Waals surface area (Å²) in [5.41, 5.74) is 2.83. The largest absolute Gasteiger partial charge is 0.495 e. The van der Waals surface area contributed by atoms with Crippen molar-refractivity contribution >= 4 is 11.7 Å².